The van der Waals surface area contributed by atoms with Crippen molar-refractivity contribution in [2.24, 2.45) is 0 Å². The van der Waals surface area contributed by atoms with Crippen molar-refractivity contribution in [3.05, 3.63) is 104 Å². The first-order valence-corrected chi connectivity index (χ1v) is 12.7. The van der Waals surface area contributed by atoms with Gasteiger partial charge in [0.2, 0.25) is 5.95 Å². The molecule has 3 aromatic heterocycles. The van der Waals surface area contributed by atoms with Crippen LogP contribution >= 0.6 is 11.5 Å². The van der Waals surface area contributed by atoms with Crippen molar-refractivity contribution in [3.8, 4) is 5.75 Å². The molecule has 0 aliphatic heterocycles. The quantitative estimate of drug-likeness (QED) is 0.295. The second-order valence-corrected chi connectivity index (χ2v) is 9.66. The third-order valence-corrected chi connectivity index (χ3v) is 6.79. The number of rotatable bonds is 9. The van der Waals surface area contributed by atoms with E-state index in [4.69, 9.17) is 0 Å². The molecule has 1 N–H and O–H groups in total. The lowest BCUT2D eigenvalue weighted by Crippen LogP contribution is -2.43. The van der Waals surface area contributed by atoms with Crippen LogP contribution in [0, 0.1) is 13.8 Å². The molecule has 0 aliphatic rings. The van der Waals surface area contributed by atoms with E-state index in [1.54, 1.807) is 30.5 Å². The lowest BCUT2D eigenvalue weighted by atomic mass is 10.1. The number of pyridine rings is 1. The molecule has 0 radical (unpaired) electrons. The van der Waals surface area contributed by atoms with E-state index in [2.05, 4.69) is 29.6 Å². The molecule has 200 valence electrons. The summed E-state index contributed by atoms with van der Waals surface area (Å²) in [4.78, 5) is 35.2. The molecule has 13 heteroatoms. The summed E-state index contributed by atoms with van der Waals surface area (Å²) >= 11 is 1.25. The highest BCUT2D eigenvalue weighted by Crippen LogP contribution is 2.18. The molecule has 0 spiro atoms. The monoisotopic (exact) mass is 551 g/mol. The highest BCUT2D eigenvalue weighted by molar-refractivity contribution is 7.12. The fourth-order valence-corrected chi connectivity index (χ4v) is 4.63. The number of hydrogen-bond acceptors (Lipinski definition) is 9. The second-order valence-electron chi connectivity index (χ2n) is 8.88. The number of hydrogen-bond donors (Lipinski definition) is 1. The second kappa shape index (κ2) is 11.1. The number of fused-ring (bicyclic) bond motifs is 1. The van der Waals surface area contributed by atoms with Crippen molar-refractivity contribution in [3.63, 3.8) is 0 Å². The van der Waals surface area contributed by atoms with Crippen molar-refractivity contribution in [2.75, 3.05) is 5.32 Å². The van der Waals surface area contributed by atoms with Gasteiger partial charge in [-0.05, 0) is 78.0 Å². The number of anilines is 1. The molecule has 0 saturated heterocycles. The minimum Gasteiger partial charge on any atom is -0.435 e. The van der Waals surface area contributed by atoms with Crippen molar-refractivity contribution in [1.82, 2.24) is 28.7 Å². The zero-order chi connectivity index (χ0) is 27.5. The Morgan fingerprint density at radius 2 is 1.74 bits per heavy atom. The third-order valence-electron chi connectivity index (χ3n) is 6.08. The van der Waals surface area contributed by atoms with E-state index in [9.17, 15) is 18.4 Å². The number of nitrogens with one attached hydrogen (secondary N) is 1. The number of nitrogens with zero attached hydrogens (tertiary/aromatic N) is 6. The van der Waals surface area contributed by atoms with E-state index in [0.717, 1.165) is 26.1 Å². The Bertz CT molecular complexity index is 1750. The molecule has 0 saturated carbocycles. The maximum Gasteiger partial charge on any atom is 0.387 e. The van der Waals surface area contributed by atoms with Gasteiger partial charge in [-0.25, -0.2) is 14.2 Å². The summed E-state index contributed by atoms with van der Waals surface area (Å²) < 4.78 is 36.7. The molecule has 0 unspecified atom stereocenters. The average molecular weight is 552 g/mol. The smallest absolute Gasteiger partial charge is 0.387 e. The Kier molecular flexibility index (Phi) is 7.41. The van der Waals surface area contributed by atoms with Gasteiger partial charge in [0.15, 0.2) is 0 Å². The van der Waals surface area contributed by atoms with Crippen molar-refractivity contribution < 1.29 is 13.5 Å². The first-order valence-electron chi connectivity index (χ1n) is 11.9. The molecular weight excluding hydrogens is 528 g/mol. The average Bonchev–Trinajstić information content (AvgIpc) is 3.37. The van der Waals surface area contributed by atoms with Crippen LogP contribution in [0.5, 0.6) is 5.75 Å². The lowest BCUT2D eigenvalue weighted by Gasteiger charge is -2.16. The molecule has 2 aromatic carbocycles. The van der Waals surface area contributed by atoms with Crippen LogP contribution in [-0.2, 0) is 19.6 Å². The fraction of sp³-hybridized carbons (Fsp3) is 0.231. The van der Waals surface area contributed by atoms with Gasteiger partial charge in [-0.3, -0.25) is 9.55 Å². The summed E-state index contributed by atoms with van der Waals surface area (Å²) in [6.07, 6.45) is 1.73. The van der Waals surface area contributed by atoms with E-state index in [1.807, 2.05) is 26.0 Å². The third kappa shape index (κ3) is 5.98. The van der Waals surface area contributed by atoms with Crippen LogP contribution in [0.2, 0.25) is 0 Å². The Morgan fingerprint density at radius 3 is 2.49 bits per heavy atom. The topological polar surface area (TPSA) is 117 Å². The van der Waals surface area contributed by atoms with E-state index in [0.29, 0.717) is 16.6 Å². The molecule has 0 fully saturated rings. The maximum atomic E-state index is 13.7. The van der Waals surface area contributed by atoms with Gasteiger partial charge in [-0.15, -0.1) is 5.10 Å². The number of halogens is 2. The van der Waals surface area contributed by atoms with Gasteiger partial charge in [0.05, 0.1) is 17.8 Å². The highest BCUT2D eigenvalue weighted by atomic mass is 32.1. The van der Waals surface area contributed by atoms with E-state index < -0.39 is 18.0 Å². The van der Waals surface area contributed by atoms with Crippen LogP contribution in [-0.4, -0.2) is 35.3 Å². The lowest BCUT2D eigenvalue weighted by molar-refractivity contribution is -0.0498. The van der Waals surface area contributed by atoms with Gasteiger partial charge in [0.1, 0.15) is 11.3 Å². The normalized spacial score (nSPS) is 11.3. The van der Waals surface area contributed by atoms with Gasteiger partial charge >= 0.3 is 18.0 Å². The standard InChI is InChI=1S/C26H23F2N7O3S/c1-15-9-16(2)29-11-19(15)12-30-24-31-25(36)35(14-18-5-8-22-21(10-18)32-33-39-22)26(37)34(24)13-17-3-6-20(7-4-17)38-23(27)28/h3-11,23H,12-14H2,1-2H3,(H,30,31,36). The molecule has 3 heterocycles. The molecule has 5 aromatic rings. The summed E-state index contributed by atoms with van der Waals surface area (Å²) in [5, 5.41) is 7.15. The molecule has 10 nitrogen and oxygen atoms in total. The van der Waals surface area contributed by atoms with Crippen LogP contribution in [0.15, 0.2) is 64.3 Å². The number of benzene rings is 2. The SMILES string of the molecule is Cc1cc(C)c(CNc2nc(=O)n(Cc3ccc4snnc4c3)c(=O)n2Cc2ccc(OC(F)F)cc2)cn1. The summed E-state index contributed by atoms with van der Waals surface area (Å²) in [5.74, 6) is 0.0742. The molecule has 0 atom stereocenters. The van der Waals surface area contributed by atoms with E-state index >= 15 is 0 Å². The summed E-state index contributed by atoms with van der Waals surface area (Å²) in [7, 11) is 0. The predicted octanol–water partition coefficient (Wildman–Crippen LogP) is 3.73. The number of alkyl halides is 2. The highest BCUT2D eigenvalue weighted by Gasteiger charge is 2.16. The summed E-state index contributed by atoms with van der Waals surface area (Å²) in [6.45, 7) is 1.19. The Labute approximate surface area is 224 Å². The summed E-state index contributed by atoms with van der Waals surface area (Å²) in [6, 6.07) is 13.3. The van der Waals surface area contributed by atoms with Gasteiger partial charge in [-0.2, -0.15) is 13.8 Å². The van der Waals surface area contributed by atoms with Gasteiger partial charge in [-0.1, -0.05) is 22.7 Å². The molecule has 0 amide bonds. The van der Waals surface area contributed by atoms with Crippen LogP contribution in [0.4, 0.5) is 14.7 Å². The van der Waals surface area contributed by atoms with E-state index in [-0.39, 0.29) is 31.3 Å². The van der Waals surface area contributed by atoms with Crippen molar-refractivity contribution in [1.29, 1.82) is 0 Å². The first kappa shape index (κ1) is 26.1. The van der Waals surface area contributed by atoms with Crippen LogP contribution in [0.25, 0.3) is 10.2 Å². The number of ether oxygens (including phenoxy) is 1. The van der Waals surface area contributed by atoms with Crippen LogP contribution < -0.4 is 21.4 Å². The van der Waals surface area contributed by atoms with Gasteiger partial charge < -0.3 is 10.1 Å². The maximum absolute atomic E-state index is 13.7. The van der Waals surface area contributed by atoms with Gasteiger partial charge in [0, 0.05) is 18.4 Å². The van der Waals surface area contributed by atoms with Gasteiger partial charge in [0.25, 0.3) is 0 Å². The zero-order valence-corrected chi connectivity index (χ0v) is 21.8. The zero-order valence-electron chi connectivity index (χ0n) is 21.0. The molecule has 0 aliphatic carbocycles. The molecule has 0 bridgehead atoms. The number of aromatic nitrogens is 6. The molecule has 5 rings (SSSR count). The Balaban J connectivity index is 1.50. The van der Waals surface area contributed by atoms with Crippen molar-refractivity contribution >= 4 is 27.7 Å². The van der Waals surface area contributed by atoms with Crippen LogP contribution in [0.3, 0.4) is 0 Å². The minimum absolute atomic E-state index is 0.00296. The van der Waals surface area contributed by atoms with E-state index in [1.165, 1.54) is 28.2 Å². The predicted molar refractivity (Wildman–Crippen MR) is 142 cm³/mol. The molecular formula is C26H23F2N7O3S. The fourth-order valence-electron chi connectivity index (χ4n) is 4.09. The Hall–Kier alpha value is -4.52. The largest absolute Gasteiger partial charge is 0.435 e. The molecule has 39 heavy (non-hydrogen) atoms. The Morgan fingerprint density at radius 1 is 1.00 bits per heavy atom. The van der Waals surface area contributed by atoms with Crippen LogP contribution in [0.1, 0.15) is 27.9 Å². The minimum atomic E-state index is -2.94. The number of aryl methyl sites for hydroxylation is 2. The first-order chi connectivity index (χ1) is 18.8. The summed E-state index contributed by atoms with van der Waals surface area (Å²) in [5.41, 5.74) is 3.44. The van der Waals surface area contributed by atoms with Crippen molar-refractivity contribution in [2.45, 2.75) is 40.1 Å².